The fraction of sp³-hybridized carbons (Fsp3) is 0.750. The lowest BCUT2D eigenvalue weighted by atomic mass is 9.80. The molecule has 3 nitrogen and oxygen atoms in total. The molecule has 0 aromatic carbocycles. The Labute approximate surface area is 91.1 Å². The van der Waals surface area contributed by atoms with Gasteiger partial charge >= 0.3 is 0 Å². The van der Waals surface area contributed by atoms with Crippen LogP contribution >= 0.6 is 0 Å². The van der Waals surface area contributed by atoms with Crippen LogP contribution in [0, 0.1) is 5.41 Å². The van der Waals surface area contributed by atoms with Gasteiger partial charge in [0, 0.05) is 19.7 Å². The predicted molar refractivity (Wildman–Crippen MR) is 59.5 cm³/mol. The Kier molecular flexibility index (Phi) is 2.83. The van der Waals surface area contributed by atoms with Crippen molar-refractivity contribution in [1.29, 1.82) is 0 Å². The van der Waals surface area contributed by atoms with Crippen LogP contribution < -0.4 is 0 Å². The van der Waals surface area contributed by atoms with E-state index in [1.165, 1.54) is 12.8 Å². The zero-order valence-corrected chi connectivity index (χ0v) is 9.61. The molecule has 15 heavy (non-hydrogen) atoms. The summed E-state index contributed by atoms with van der Waals surface area (Å²) in [5.74, 6) is 0. The molecule has 1 aliphatic rings. The molecule has 1 heterocycles. The third-order valence-electron chi connectivity index (χ3n) is 3.74. The Morgan fingerprint density at radius 3 is 2.73 bits per heavy atom. The van der Waals surface area contributed by atoms with Crippen molar-refractivity contribution >= 4 is 0 Å². The predicted octanol–water partition coefficient (Wildman–Crippen LogP) is 1.90. The Hall–Kier alpha value is -0.830. The lowest BCUT2D eigenvalue weighted by Crippen LogP contribution is -2.31. The van der Waals surface area contributed by atoms with Crippen LogP contribution in [0.2, 0.25) is 0 Å². The number of nitrogens with zero attached hydrogens (tertiary/aromatic N) is 2. The summed E-state index contributed by atoms with van der Waals surface area (Å²) in [5, 5.41) is 14.4. The molecular formula is C12H20N2O. The number of aliphatic hydroxyl groups is 1. The van der Waals surface area contributed by atoms with Crippen molar-refractivity contribution in [3.63, 3.8) is 0 Å². The van der Waals surface area contributed by atoms with E-state index >= 15 is 0 Å². The Morgan fingerprint density at radius 1 is 1.53 bits per heavy atom. The van der Waals surface area contributed by atoms with Gasteiger partial charge in [0.25, 0.3) is 0 Å². The van der Waals surface area contributed by atoms with E-state index < -0.39 is 0 Å². The second-order valence-electron chi connectivity index (χ2n) is 5.10. The highest BCUT2D eigenvalue weighted by Gasteiger charge is 2.35. The molecule has 1 aromatic rings. The summed E-state index contributed by atoms with van der Waals surface area (Å²) in [6, 6.07) is 0. The molecule has 3 heteroatoms. The maximum absolute atomic E-state index is 10.2. The van der Waals surface area contributed by atoms with Crippen LogP contribution in [0.1, 0.15) is 38.2 Å². The van der Waals surface area contributed by atoms with Crippen molar-refractivity contribution in [2.75, 3.05) is 0 Å². The van der Waals surface area contributed by atoms with E-state index in [1.807, 2.05) is 19.4 Å². The van der Waals surface area contributed by atoms with Crippen LogP contribution in [-0.4, -0.2) is 21.0 Å². The van der Waals surface area contributed by atoms with Gasteiger partial charge in [-0.3, -0.25) is 4.68 Å². The first kappa shape index (κ1) is 10.7. The molecule has 0 aliphatic heterocycles. The van der Waals surface area contributed by atoms with E-state index in [0.29, 0.717) is 0 Å². The number of hydrogen-bond donors (Lipinski definition) is 1. The number of aromatic nitrogens is 2. The molecule has 1 aliphatic carbocycles. The summed E-state index contributed by atoms with van der Waals surface area (Å²) in [6.07, 6.45) is 9.21. The zero-order valence-electron chi connectivity index (χ0n) is 9.61. The molecule has 1 unspecified atom stereocenters. The molecule has 0 radical (unpaired) electrons. The quantitative estimate of drug-likeness (QED) is 0.824. The van der Waals surface area contributed by atoms with E-state index in [9.17, 15) is 5.11 Å². The lowest BCUT2D eigenvalue weighted by molar-refractivity contribution is 0.0423. The molecule has 1 saturated carbocycles. The molecule has 0 saturated heterocycles. The van der Waals surface area contributed by atoms with Crippen LogP contribution in [0.15, 0.2) is 12.4 Å². The van der Waals surface area contributed by atoms with Gasteiger partial charge in [0.05, 0.1) is 12.3 Å². The van der Waals surface area contributed by atoms with Crippen molar-refractivity contribution in [2.24, 2.45) is 12.5 Å². The fourth-order valence-corrected chi connectivity index (χ4v) is 2.56. The molecule has 0 spiro atoms. The van der Waals surface area contributed by atoms with Gasteiger partial charge in [-0.25, -0.2) is 0 Å². The second kappa shape index (κ2) is 3.97. The van der Waals surface area contributed by atoms with Gasteiger partial charge in [0.2, 0.25) is 0 Å². The lowest BCUT2D eigenvalue weighted by Gasteiger charge is -2.29. The van der Waals surface area contributed by atoms with Crippen LogP contribution in [0.3, 0.4) is 0 Å². The van der Waals surface area contributed by atoms with E-state index in [2.05, 4.69) is 12.0 Å². The Morgan fingerprint density at radius 2 is 2.20 bits per heavy atom. The number of aliphatic hydroxyl groups excluding tert-OH is 1. The largest absolute Gasteiger partial charge is 0.392 e. The van der Waals surface area contributed by atoms with Crippen molar-refractivity contribution in [1.82, 2.24) is 9.78 Å². The highest BCUT2D eigenvalue weighted by molar-refractivity contribution is 5.07. The van der Waals surface area contributed by atoms with Crippen molar-refractivity contribution in [3.05, 3.63) is 18.0 Å². The highest BCUT2D eigenvalue weighted by Crippen LogP contribution is 2.41. The Balaban J connectivity index is 1.99. The molecule has 1 N–H and O–H groups in total. The molecule has 2 rings (SSSR count). The summed E-state index contributed by atoms with van der Waals surface area (Å²) < 4.78 is 1.79. The summed E-state index contributed by atoms with van der Waals surface area (Å²) >= 11 is 0. The summed E-state index contributed by atoms with van der Waals surface area (Å²) in [5.41, 5.74) is 1.27. The molecular weight excluding hydrogens is 188 g/mol. The van der Waals surface area contributed by atoms with Crippen molar-refractivity contribution < 1.29 is 5.11 Å². The smallest absolute Gasteiger partial charge is 0.0635 e. The first-order valence-electron chi connectivity index (χ1n) is 5.76. The summed E-state index contributed by atoms with van der Waals surface area (Å²) in [4.78, 5) is 0. The highest BCUT2D eigenvalue weighted by atomic mass is 16.3. The SMILES string of the molecule is Cn1cc(CC(O)C2(C)CCCC2)cn1. The average Bonchev–Trinajstić information content (AvgIpc) is 2.76. The van der Waals surface area contributed by atoms with Gasteiger partial charge in [0.1, 0.15) is 0 Å². The minimum Gasteiger partial charge on any atom is -0.392 e. The van der Waals surface area contributed by atoms with Crippen LogP contribution in [0.25, 0.3) is 0 Å². The Bertz CT molecular complexity index is 326. The topological polar surface area (TPSA) is 38.0 Å². The minimum absolute atomic E-state index is 0.135. The molecule has 0 bridgehead atoms. The number of hydrogen-bond acceptors (Lipinski definition) is 2. The maximum atomic E-state index is 10.2. The fourth-order valence-electron chi connectivity index (χ4n) is 2.56. The van der Waals surface area contributed by atoms with Crippen LogP contribution in [0.4, 0.5) is 0 Å². The first-order chi connectivity index (χ1) is 7.10. The molecule has 1 fully saturated rings. The van der Waals surface area contributed by atoms with Crippen LogP contribution in [0.5, 0.6) is 0 Å². The van der Waals surface area contributed by atoms with Gasteiger partial charge in [0.15, 0.2) is 0 Å². The molecule has 0 amide bonds. The van der Waals surface area contributed by atoms with Crippen molar-refractivity contribution in [2.45, 2.75) is 45.1 Å². The van der Waals surface area contributed by atoms with Gasteiger partial charge in [-0.15, -0.1) is 0 Å². The molecule has 1 atom stereocenters. The zero-order chi connectivity index (χ0) is 10.9. The summed E-state index contributed by atoms with van der Waals surface area (Å²) in [7, 11) is 1.91. The molecule has 1 aromatic heterocycles. The first-order valence-corrected chi connectivity index (χ1v) is 5.76. The third kappa shape index (κ3) is 2.23. The molecule has 84 valence electrons. The van der Waals surface area contributed by atoms with Crippen LogP contribution in [-0.2, 0) is 13.5 Å². The van der Waals surface area contributed by atoms with Gasteiger partial charge in [-0.1, -0.05) is 19.8 Å². The maximum Gasteiger partial charge on any atom is 0.0635 e. The van der Waals surface area contributed by atoms with Gasteiger partial charge in [-0.05, 0) is 23.8 Å². The number of aryl methyl sites for hydroxylation is 1. The monoisotopic (exact) mass is 208 g/mol. The average molecular weight is 208 g/mol. The van der Waals surface area contributed by atoms with E-state index in [0.717, 1.165) is 24.8 Å². The van der Waals surface area contributed by atoms with Gasteiger partial charge < -0.3 is 5.11 Å². The number of rotatable bonds is 3. The summed E-state index contributed by atoms with van der Waals surface area (Å²) in [6.45, 7) is 2.21. The van der Waals surface area contributed by atoms with E-state index in [1.54, 1.807) is 4.68 Å². The minimum atomic E-state index is -0.218. The van der Waals surface area contributed by atoms with E-state index in [4.69, 9.17) is 0 Å². The van der Waals surface area contributed by atoms with Crippen molar-refractivity contribution in [3.8, 4) is 0 Å². The second-order valence-corrected chi connectivity index (χ2v) is 5.10. The third-order valence-corrected chi connectivity index (χ3v) is 3.74. The van der Waals surface area contributed by atoms with E-state index in [-0.39, 0.29) is 11.5 Å². The standard InChI is InChI=1S/C12H20N2O/c1-12(5-3-4-6-12)11(15)7-10-8-13-14(2)9-10/h8-9,11,15H,3-7H2,1-2H3. The van der Waals surface area contributed by atoms with Gasteiger partial charge in [-0.2, -0.15) is 5.10 Å². The normalized spacial score (nSPS) is 21.8.